The molecule has 96 valence electrons. The minimum absolute atomic E-state index is 0.343. The highest BCUT2D eigenvalue weighted by Crippen LogP contribution is 2.10. The number of nitrogens with zero attached hydrogens (tertiary/aromatic N) is 2. The molecule has 1 aromatic rings. The molecule has 0 bridgehead atoms. The van der Waals surface area contributed by atoms with Gasteiger partial charge in [-0.25, -0.2) is 9.97 Å². The fourth-order valence-electron chi connectivity index (χ4n) is 1.31. The van der Waals surface area contributed by atoms with Crippen LogP contribution in [-0.4, -0.2) is 48.0 Å². The van der Waals surface area contributed by atoms with Crippen LogP contribution >= 0.6 is 0 Å². The molecule has 1 aromatic heterocycles. The van der Waals surface area contributed by atoms with E-state index in [2.05, 4.69) is 15.3 Å². The highest BCUT2D eigenvalue weighted by molar-refractivity contribution is 5.36. The Bertz CT molecular complexity index is 323. The summed E-state index contributed by atoms with van der Waals surface area (Å²) in [4.78, 5) is 8.01. The van der Waals surface area contributed by atoms with Crippen molar-refractivity contribution in [3.05, 3.63) is 12.4 Å². The smallest absolute Gasteiger partial charge is 0.218 e. The van der Waals surface area contributed by atoms with E-state index in [0.717, 1.165) is 0 Å². The second-order valence-corrected chi connectivity index (χ2v) is 3.50. The third-order valence-corrected chi connectivity index (χ3v) is 2.08. The van der Waals surface area contributed by atoms with Gasteiger partial charge in [0.2, 0.25) is 5.88 Å². The number of anilines is 1. The molecule has 1 atom stereocenters. The summed E-state index contributed by atoms with van der Waals surface area (Å²) in [6.07, 6.45) is 1.58. The number of hydrogen-bond acceptors (Lipinski definition) is 6. The van der Waals surface area contributed by atoms with Crippen LogP contribution in [0.1, 0.15) is 13.3 Å². The van der Waals surface area contributed by atoms with Crippen molar-refractivity contribution in [2.75, 3.05) is 32.2 Å². The maximum absolute atomic E-state index is 9.44. The largest absolute Gasteiger partial charge is 0.478 e. The Labute approximate surface area is 101 Å². The lowest BCUT2D eigenvalue weighted by Crippen LogP contribution is -2.18. The molecule has 0 aliphatic carbocycles. The second-order valence-electron chi connectivity index (χ2n) is 3.50. The van der Waals surface area contributed by atoms with Gasteiger partial charge >= 0.3 is 0 Å². The van der Waals surface area contributed by atoms with Crippen LogP contribution in [0.25, 0.3) is 0 Å². The lowest BCUT2D eigenvalue weighted by molar-refractivity contribution is 0.0615. The maximum Gasteiger partial charge on any atom is 0.218 e. The summed E-state index contributed by atoms with van der Waals surface area (Å²) in [5.74, 6) is 1.23. The van der Waals surface area contributed by atoms with Crippen LogP contribution in [0.15, 0.2) is 12.4 Å². The van der Waals surface area contributed by atoms with Crippen LogP contribution < -0.4 is 10.1 Å². The van der Waals surface area contributed by atoms with E-state index >= 15 is 0 Å². The van der Waals surface area contributed by atoms with E-state index in [4.69, 9.17) is 9.47 Å². The Kier molecular flexibility index (Phi) is 6.27. The van der Waals surface area contributed by atoms with Crippen molar-refractivity contribution < 1.29 is 14.6 Å². The van der Waals surface area contributed by atoms with Gasteiger partial charge in [0.05, 0.1) is 19.3 Å². The third kappa shape index (κ3) is 5.46. The van der Waals surface area contributed by atoms with Gasteiger partial charge in [-0.2, -0.15) is 0 Å². The minimum atomic E-state index is -0.458. The van der Waals surface area contributed by atoms with E-state index in [-0.39, 0.29) is 0 Å². The van der Waals surface area contributed by atoms with Crippen LogP contribution in [0.3, 0.4) is 0 Å². The molecule has 6 nitrogen and oxygen atoms in total. The Morgan fingerprint density at radius 1 is 1.47 bits per heavy atom. The number of rotatable bonds is 8. The fourth-order valence-corrected chi connectivity index (χ4v) is 1.31. The maximum atomic E-state index is 9.44. The van der Waals surface area contributed by atoms with Gasteiger partial charge in [-0.3, -0.25) is 0 Å². The van der Waals surface area contributed by atoms with E-state index in [1.54, 1.807) is 13.2 Å². The van der Waals surface area contributed by atoms with Crippen LogP contribution in [0, 0.1) is 0 Å². The monoisotopic (exact) mass is 241 g/mol. The van der Waals surface area contributed by atoms with Gasteiger partial charge in [0, 0.05) is 19.7 Å². The third-order valence-electron chi connectivity index (χ3n) is 2.08. The summed E-state index contributed by atoms with van der Waals surface area (Å²) >= 11 is 0. The molecular formula is C11H19N3O3. The predicted octanol–water partition coefficient (Wildman–Crippen LogP) is 0.685. The van der Waals surface area contributed by atoms with Crippen LogP contribution in [0.4, 0.5) is 5.82 Å². The van der Waals surface area contributed by atoms with Crippen LogP contribution in [0.5, 0.6) is 5.88 Å². The first-order valence-electron chi connectivity index (χ1n) is 5.62. The van der Waals surface area contributed by atoms with E-state index < -0.39 is 6.10 Å². The van der Waals surface area contributed by atoms with Crippen molar-refractivity contribution in [1.82, 2.24) is 9.97 Å². The van der Waals surface area contributed by atoms with Gasteiger partial charge in [-0.15, -0.1) is 0 Å². The average Bonchev–Trinajstić information content (AvgIpc) is 2.30. The van der Waals surface area contributed by atoms with Crippen molar-refractivity contribution in [2.24, 2.45) is 0 Å². The molecule has 0 spiro atoms. The number of methoxy groups -OCH3 is 1. The number of aliphatic hydroxyl groups excluding tert-OH is 1. The summed E-state index contributed by atoms with van der Waals surface area (Å²) in [5.41, 5.74) is 0. The lowest BCUT2D eigenvalue weighted by Gasteiger charge is -2.10. The first kappa shape index (κ1) is 13.7. The van der Waals surface area contributed by atoms with Gasteiger partial charge in [-0.1, -0.05) is 0 Å². The molecule has 0 aliphatic heterocycles. The molecule has 0 aromatic carbocycles. The SMILES string of the molecule is CCOc1cc(NCCC(O)COC)ncn1. The average molecular weight is 241 g/mol. The molecule has 0 saturated heterocycles. The molecule has 0 radical (unpaired) electrons. The first-order valence-corrected chi connectivity index (χ1v) is 5.62. The van der Waals surface area contributed by atoms with Gasteiger partial charge in [-0.05, 0) is 13.3 Å². The zero-order chi connectivity index (χ0) is 12.5. The molecule has 1 unspecified atom stereocenters. The van der Waals surface area contributed by atoms with Gasteiger partial charge in [0.15, 0.2) is 0 Å². The summed E-state index contributed by atoms with van der Waals surface area (Å²) in [6.45, 7) is 3.43. The first-order chi connectivity index (χ1) is 8.26. The Balaban J connectivity index is 2.33. The second kappa shape index (κ2) is 7.81. The van der Waals surface area contributed by atoms with Crippen molar-refractivity contribution in [1.29, 1.82) is 0 Å². The van der Waals surface area contributed by atoms with E-state index in [1.807, 2.05) is 6.92 Å². The normalized spacial score (nSPS) is 12.2. The highest BCUT2D eigenvalue weighted by Gasteiger charge is 2.03. The van der Waals surface area contributed by atoms with Gasteiger partial charge in [0.1, 0.15) is 12.1 Å². The topological polar surface area (TPSA) is 76.5 Å². The zero-order valence-corrected chi connectivity index (χ0v) is 10.2. The number of aliphatic hydroxyl groups is 1. The number of ether oxygens (including phenoxy) is 2. The summed E-state index contributed by atoms with van der Waals surface area (Å²) in [6, 6.07) is 1.73. The molecule has 0 fully saturated rings. The molecule has 0 aliphatic rings. The summed E-state index contributed by atoms with van der Waals surface area (Å²) in [5, 5.41) is 12.5. The summed E-state index contributed by atoms with van der Waals surface area (Å²) < 4.78 is 10.1. The Morgan fingerprint density at radius 3 is 3.00 bits per heavy atom. The van der Waals surface area contributed by atoms with Crippen molar-refractivity contribution in [3.63, 3.8) is 0 Å². The van der Waals surface area contributed by atoms with Crippen LogP contribution in [0.2, 0.25) is 0 Å². The summed E-state index contributed by atoms with van der Waals surface area (Å²) in [7, 11) is 1.56. The quantitative estimate of drug-likeness (QED) is 0.697. The minimum Gasteiger partial charge on any atom is -0.478 e. The predicted molar refractivity (Wildman–Crippen MR) is 64.2 cm³/mol. The van der Waals surface area contributed by atoms with Crippen molar-refractivity contribution in [3.8, 4) is 5.88 Å². The highest BCUT2D eigenvalue weighted by atomic mass is 16.5. The Morgan fingerprint density at radius 2 is 2.29 bits per heavy atom. The molecule has 2 N–H and O–H groups in total. The molecule has 1 rings (SSSR count). The van der Waals surface area contributed by atoms with E-state index in [0.29, 0.717) is 37.9 Å². The molecule has 6 heteroatoms. The van der Waals surface area contributed by atoms with Gasteiger partial charge < -0.3 is 19.9 Å². The van der Waals surface area contributed by atoms with Crippen molar-refractivity contribution in [2.45, 2.75) is 19.4 Å². The molecule has 17 heavy (non-hydrogen) atoms. The Hall–Kier alpha value is -1.40. The van der Waals surface area contributed by atoms with E-state index in [1.165, 1.54) is 6.33 Å². The standard InChI is InChI=1S/C11H19N3O3/c1-3-17-11-6-10(13-8-14-11)12-5-4-9(15)7-16-2/h6,8-9,15H,3-5,7H2,1-2H3,(H,12,13,14). The fraction of sp³-hybridized carbons (Fsp3) is 0.636. The van der Waals surface area contributed by atoms with Crippen LogP contribution in [-0.2, 0) is 4.74 Å². The molecule has 0 saturated carbocycles. The molecular weight excluding hydrogens is 222 g/mol. The number of hydrogen-bond donors (Lipinski definition) is 2. The number of aromatic nitrogens is 2. The number of nitrogens with one attached hydrogen (secondary N) is 1. The zero-order valence-electron chi connectivity index (χ0n) is 10.2. The van der Waals surface area contributed by atoms with Gasteiger partial charge in [0.25, 0.3) is 0 Å². The van der Waals surface area contributed by atoms with Crippen molar-refractivity contribution >= 4 is 5.82 Å². The molecule has 1 heterocycles. The van der Waals surface area contributed by atoms with E-state index in [9.17, 15) is 5.11 Å². The molecule has 0 amide bonds. The lowest BCUT2D eigenvalue weighted by atomic mass is 10.2.